The van der Waals surface area contributed by atoms with Crippen molar-refractivity contribution >= 4 is 5.91 Å². The number of para-hydroxylation sites is 2. The Labute approximate surface area is 148 Å². The molecule has 0 aromatic heterocycles. The van der Waals surface area contributed by atoms with E-state index in [-0.39, 0.29) is 12.5 Å². The van der Waals surface area contributed by atoms with Crippen molar-refractivity contribution in [1.29, 1.82) is 0 Å². The van der Waals surface area contributed by atoms with E-state index in [9.17, 15) is 4.79 Å². The van der Waals surface area contributed by atoms with Crippen LogP contribution in [0.2, 0.25) is 0 Å². The molecule has 2 aromatic carbocycles. The van der Waals surface area contributed by atoms with Gasteiger partial charge in [0.2, 0.25) is 0 Å². The van der Waals surface area contributed by atoms with Crippen LogP contribution in [0.4, 0.5) is 0 Å². The molecule has 5 heteroatoms. The summed E-state index contributed by atoms with van der Waals surface area (Å²) in [6.07, 6.45) is 0.971. The number of nitrogens with two attached hydrogens (primary N) is 1. The molecule has 0 radical (unpaired) electrons. The highest BCUT2D eigenvalue weighted by molar-refractivity contribution is 5.78. The van der Waals surface area contributed by atoms with E-state index in [2.05, 4.69) is 0 Å². The van der Waals surface area contributed by atoms with Gasteiger partial charge in [0, 0.05) is 13.1 Å². The number of benzene rings is 2. The number of likely N-dealkylation sites (tertiary alicyclic amines) is 1. The Morgan fingerprint density at radius 1 is 1.04 bits per heavy atom. The summed E-state index contributed by atoms with van der Waals surface area (Å²) in [6, 6.07) is 17.4. The van der Waals surface area contributed by atoms with Gasteiger partial charge in [-0.3, -0.25) is 4.79 Å². The molecule has 1 fully saturated rings. The van der Waals surface area contributed by atoms with Gasteiger partial charge in [-0.2, -0.15) is 0 Å². The van der Waals surface area contributed by atoms with E-state index in [0.29, 0.717) is 30.6 Å². The fourth-order valence-electron chi connectivity index (χ4n) is 2.91. The number of hydrogen-bond acceptors (Lipinski definition) is 4. The summed E-state index contributed by atoms with van der Waals surface area (Å²) in [6.45, 7) is 2.59. The SMILES string of the molecule is NCC1CCN(C(=O)COc2ccccc2OCc2ccccc2)C1. The van der Waals surface area contributed by atoms with Gasteiger partial charge in [0.15, 0.2) is 18.1 Å². The lowest BCUT2D eigenvalue weighted by Crippen LogP contribution is -2.33. The van der Waals surface area contributed by atoms with Gasteiger partial charge in [-0.15, -0.1) is 0 Å². The maximum atomic E-state index is 12.3. The van der Waals surface area contributed by atoms with Crippen molar-refractivity contribution < 1.29 is 14.3 Å². The number of nitrogens with zero attached hydrogens (tertiary/aromatic N) is 1. The maximum absolute atomic E-state index is 12.3. The summed E-state index contributed by atoms with van der Waals surface area (Å²) in [4.78, 5) is 14.1. The van der Waals surface area contributed by atoms with E-state index in [1.165, 1.54) is 0 Å². The zero-order chi connectivity index (χ0) is 17.5. The minimum atomic E-state index is -0.00573. The molecule has 1 unspecified atom stereocenters. The lowest BCUT2D eigenvalue weighted by Gasteiger charge is -2.17. The van der Waals surface area contributed by atoms with Gasteiger partial charge in [0.05, 0.1) is 0 Å². The monoisotopic (exact) mass is 340 g/mol. The summed E-state index contributed by atoms with van der Waals surface area (Å²) < 4.78 is 11.6. The second-order valence-corrected chi connectivity index (χ2v) is 6.24. The summed E-state index contributed by atoms with van der Waals surface area (Å²) in [5.41, 5.74) is 6.76. The minimum Gasteiger partial charge on any atom is -0.485 e. The molecule has 2 aromatic rings. The van der Waals surface area contributed by atoms with Crippen LogP contribution in [0.15, 0.2) is 54.6 Å². The molecule has 25 heavy (non-hydrogen) atoms. The predicted octanol–water partition coefficient (Wildman–Crippen LogP) is 2.45. The Morgan fingerprint density at radius 3 is 2.40 bits per heavy atom. The van der Waals surface area contributed by atoms with E-state index < -0.39 is 0 Å². The van der Waals surface area contributed by atoms with Crippen LogP contribution in [0.3, 0.4) is 0 Å². The number of ether oxygens (including phenoxy) is 2. The van der Waals surface area contributed by atoms with E-state index >= 15 is 0 Å². The van der Waals surface area contributed by atoms with Gasteiger partial charge in [0.1, 0.15) is 6.61 Å². The smallest absolute Gasteiger partial charge is 0.260 e. The van der Waals surface area contributed by atoms with E-state index in [1.54, 1.807) is 0 Å². The Bertz CT molecular complexity index is 690. The molecule has 0 spiro atoms. The number of rotatable bonds is 7. The zero-order valence-electron chi connectivity index (χ0n) is 14.3. The van der Waals surface area contributed by atoms with Gasteiger partial charge < -0.3 is 20.1 Å². The molecule has 0 saturated carbocycles. The molecule has 1 atom stereocenters. The number of amides is 1. The van der Waals surface area contributed by atoms with Crippen LogP contribution in [0.25, 0.3) is 0 Å². The molecule has 5 nitrogen and oxygen atoms in total. The van der Waals surface area contributed by atoms with Crippen LogP contribution >= 0.6 is 0 Å². The molecule has 1 amide bonds. The highest BCUT2D eigenvalue weighted by Crippen LogP contribution is 2.27. The average Bonchev–Trinajstić information content (AvgIpc) is 3.15. The molecule has 2 N–H and O–H groups in total. The Kier molecular flexibility index (Phi) is 5.90. The van der Waals surface area contributed by atoms with Crippen LogP contribution < -0.4 is 15.2 Å². The Morgan fingerprint density at radius 2 is 1.72 bits per heavy atom. The summed E-state index contributed by atoms with van der Waals surface area (Å²) in [5, 5.41) is 0. The third-order valence-corrected chi connectivity index (χ3v) is 4.41. The van der Waals surface area contributed by atoms with E-state index in [0.717, 1.165) is 25.1 Å². The minimum absolute atomic E-state index is 0.00573. The van der Waals surface area contributed by atoms with Crippen LogP contribution in [0, 0.1) is 5.92 Å². The molecule has 0 aliphatic carbocycles. The topological polar surface area (TPSA) is 64.8 Å². The molecule has 0 bridgehead atoms. The molecule has 1 saturated heterocycles. The fourth-order valence-corrected chi connectivity index (χ4v) is 2.91. The van der Waals surface area contributed by atoms with Crippen molar-refractivity contribution in [3.8, 4) is 11.5 Å². The molecule has 1 aliphatic rings. The molecular weight excluding hydrogens is 316 g/mol. The standard InChI is InChI=1S/C20H24N2O3/c21-12-17-10-11-22(13-17)20(23)15-25-19-9-5-4-8-18(19)24-14-16-6-2-1-3-7-16/h1-9,17H,10-15,21H2. The summed E-state index contributed by atoms with van der Waals surface area (Å²) in [5.74, 6) is 1.63. The third kappa shape index (κ3) is 4.73. The molecule has 1 heterocycles. The normalized spacial score (nSPS) is 16.7. The molecule has 1 aliphatic heterocycles. The highest BCUT2D eigenvalue weighted by atomic mass is 16.5. The van der Waals surface area contributed by atoms with E-state index in [1.807, 2.05) is 59.5 Å². The van der Waals surface area contributed by atoms with Crippen molar-refractivity contribution in [3.05, 3.63) is 60.2 Å². The molecule has 132 valence electrons. The first kappa shape index (κ1) is 17.3. The molecular formula is C20H24N2O3. The second kappa shape index (κ2) is 8.53. The first-order valence-corrected chi connectivity index (χ1v) is 8.62. The Hall–Kier alpha value is -2.53. The third-order valence-electron chi connectivity index (χ3n) is 4.41. The van der Waals surface area contributed by atoms with Crippen LogP contribution in [-0.4, -0.2) is 37.0 Å². The van der Waals surface area contributed by atoms with Gasteiger partial charge in [0.25, 0.3) is 5.91 Å². The lowest BCUT2D eigenvalue weighted by atomic mass is 10.1. The van der Waals surface area contributed by atoms with Crippen LogP contribution in [0.5, 0.6) is 11.5 Å². The lowest BCUT2D eigenvalue weighted by molar-refractivity contribution is -0.132. The zero-order valence-corrected chi connectivity index (χ0v) is 14.3. The second-order valence-electron chi connectivity index (χ2n) is 6.24. The van der Waals surface area contributed by atoms with Crippen LogP contribution in [-0.2, 0) is 11.4 Å². The van der Waals surface area contributed by atoms with Gasteiger partial charge in [-0.05, 0) is 36.6 Å². The van der Waals surface area contributed by atoms with Crippen molar-refractivity contribution in [2.75, 3.05) is 26.2 Å². The Balaban J connectivity index is 1.55. The van der Waals surface area contributed by atoms with Crippen molar-refractivity contribution in [2.45, 2.75) is 13.0 Å². The van der Waals surface area contributed by atoms with Crippen LogP contribution in [0.1, 0.15) is 12.0 Å². The van der Waals surface area contributed by atoms with Gasteiger partial charge >= 0.3 is 0 Å². The number of carbonyl (C=O) groups excluding carboxylic acids is 1. The summed E-state index contributed by atoms with van der Waals surface area (Å²) >= 11 is 0. The maximum Gasteiger partial charge on any atom is 0.260 e. The number of carbonyl (C=O) groups is 1. The van der Waals surface area contributed by atoms with E-state index in [4.69, 9.17) is 15.2 Å². The van der Waals surface area contributed by atoms with Crippen molar-refractivity contribution in [1.82, 2.24) is 4.90 Å². The first-order valence-electron chi connectivity index (χ1n) is 8.62. The summed E-state index contributed by atoms with van der Waals surface area (Å²) in [7, 11) is 0. The quantitative estimate of drug-likeness (QED) is 0.841. The van der Waals surface area contributed by atoms with Gasteiger partial charge in [-0.25, -0.2) is 0 Å². The average molecular weight is 340 g/mol. The number of hydrogen-bond donors (Lipinski definition) is 1. The highest BCUT2D eigenvalue weighted by Gasteiger charge is 2.25. The van der Waals surface area contributed by atoms with Gasteiger partial charge in [-0.1, -0.05) is 42.5 Å². The predicted molar refractivity (Wildman–Crippen MR) is 96.5 cm³/mol. The molecule has 3 rings (SSSR count). The largest absolute Gasteiger partial charge is 0.485 e. The fraction of sp³-hybridized carbons (Fsp3) is 0.350. The van der Waals surface area contributed by atoms with Crippen molar-refractivity contribution in [2.24, 2.45) is 11.7 Å². The first-order chi connectivity index (χ1) is 12.3. The van der Waals surface area contributed by atoms with Crippen molar-refractivity contribution in [3.63, 3.8) is 0 Å².